The normalized spacial score (nSPS) is 16.5. The van der Waals surface area contributed by atoms with E-state index in [-0.39, 0.29) is 0 Å². The van der Waals surface area contributed by atoms with Crippen molar-refractivity contribution in [1.29, 1.82) is 0 Å². The first-order valence-corrected chi connectivity index (χ1v) is 4.45. The number of aliphatic imine (C=N–C) groups is 1. The van der Waals surface area contributed by atoms with Crippen LogP contribution in [-0.2, 0) is 0 Å². The Bertz CT molecular complexity index is 318. The number of nitrogens with zero attached hydrogens (tertiary/aromatic N) is 3. The summed E-state index contributed by atoms with van der Waals surface area (Å²) in [6, 6.07) is 0.415. The summed E-state index contributed by atoms with van der Waals surface area (Å²) in [6.07, 6.45) is 7.06. The summed E-state index contributed by atoms with van der Waals surface area (Å²) >= 11 is 0. The van der Waals surface area contributed by atoms with E-state index in [0.29, 0.717) is 12.0 Å². The van der Waals surface area contributed by atoms with Gasteiger partial charge in [-0.2, -0.15) is 0 Å². The Kier molecular flexibility index (Phi) is 2.55. The average Bonchev–Trinajstić information content (AvgIpc) is 3.02. The molecule has 1 aliphatic rings. The van der Waals surface area contributed by atoms with Crippen molar-refractivity contribution < 1.29 is 0 Å². The Balaban J connectivity index is 2.00. The molecule has 74 valence electrons. The van der Waals surface area contributed by atoms with Gasteiger partial charge in [0.15, 0.2) is 0 Å². The third kappa shape index (κ3) is 2.40. The number of hydrogen-bond acceptors (Lipinski definition) is 4. The fourth-order valence-electron chi connectivity index (χ4n) is 0.992. The molecule has 1 aliphatic carbocycles. The molecule has 6 nitrogen and oxygen atoms in total. The van der Waals surface area contributed by atoms with Gasteiger partial charge in [-0.3, -0.25) is 5.43 Å². The highest BCUT2D eigenvalue weighted by Crippen LogP contribution is 2.23. The third-order valence-electron chi connectivity index (χ3n) is 1.82. The van der Waals surface area contributed by atoms with Crippen LogP contribution in [0.3, 0.4) is 0 Å². The standard InChI is InChI=1S/C8H12N6/c9-14-8(12-6-1-2-6)13-7-3-10-5-11-4-7/h3-6H,1-2,9H2,(H2,12,13,14). The quantitative estimate of drug-likeness (QED) is 0.263. The summed E-state index contributed by atoms with van der Waals surface area (Å²) in [4.78, 5) is 12.1. The van der Waals surface area contributed by atoms with Crippen molar-refractivity contribution in [2.45, 2.75) is 18.9 Å². The molecule has 0 aliphatic heterocycles. The minimum atomic E-state index is 0.415. The van der Waals surface area contributed by atoms with Gasteiger partial charge in [-0.15, -0.1) is 0 Å². The fraction of sp³-hybridized carbons (Fsp3) is 0.375. The smallest absolute Gasteiger partial charge is 0.210 e. The van der Waals surface area contributed by atoms with E-state index < -0.39 is 0 Å². The van der Waals surface area contributed by atoms with E-state index in [2.05, 4.69) is 25.7 Å². The zero-order valence-electron chi connectivity index (χ0n) is 7.64. The van der Waals surface area contributed by atoms with Gasteiger partial charge in [-0.05, 0) is 12.8 Å². The van der Waals surface area contributed by atoms with Gasteiger partial charge in [-0.25, -0.2) is 20.8 Å². The number of guanidine groups is 1. The molecule has 1 aromatic heterocycles. The van der Waals surface area contributed by atoms with Crippen LogP contribution in [-0.4, -0.2) is 22.0 Å². The van der Waals surface area contributed by atoms with E-state index in [4.69, 9.17) is 5.84 Å². The minimum absolute atomic E-state index is 0.415. The van der Waals surface area contributed by atoms with Crippen LogP contribution in [0.4, 0.5) is 5.69 Å². The molecule has 6 heteroatoms. The molecule has 0 atom stereocenters. The van der Waals surface area contributed by atoms with E-state index in [9.17, 15) is 0 Å². The second-order valence-corrected chi connectivity index (χ2v) is 3.11. The highest BCUT2D eigenvalue weighted by atomic mass is 15.3. The van der Waals surface area contributed by atoms with Crippen molar-refractivity contribution in [1.82, 2.24) is 15.4 Å². The highest BCUT2D eigenvalue weighted by Gasteiger charge is 2.20. The van der Waals surface area contributed by atoms with Crippen molar-refractivity contribution in [3.63, 3.8) is 0 Å². The van der Waals surface area contributed by atoms with Gasteiger partial charge < -0.3 is 5.32 Å². The maximum Gasteiger partial charge on any atom is 0.210 e. The molecular formula is C8H12N6. The predicted molar refractivity (Wildman–Crippen MR) is 53.4 cm³/mol. The molecule has 4 N–H and O–H groups in total. The zero-order valence-corrected chi connectivity index (χ0v) is 7.64. The molecule has 1 aromatic rings. The van der Waals surface area contributed by atoms with Crippen LogP contribution in [0.25, 0.3) is 0 Å². The van der Waals surface area contributed by atoms with Crippen molar-refractivity contribution in [3.05, 3.63) is 18.7 Å². The molecule has 2 rings (SSSR count). The lowest BCUT2D eigenvalue weighted by Crippen LogP contribution is -2.36. The highest BCUT2D eigenvalue weighted by molar-refractivity contribution is 5.93. The lowest BCUT2D eigenvalue weighted by atomic mass is 10.5. The lowest BCUT2D eigenvalue weighted by molar-refractivity contribution is 0.965. The molecule has 0 unspecified atom stereocenters. The van der Waals surface area contributed by atoms with Gasteiger partial charge in [-0.1, -0.05) is 0 Å². The molecular weight excluding hydrogens is 180 g/mol. The monoisotopic (exact) mass is 192 g/mol. The van der Waals surface area contributed by atoms with Crippen LogP contribution in [0.1, 0.15) is 12.8 Å². The Hall–Kier alpha value is -1.69. The average molecular weight is 192 g/mol. The first-order chi connectivity index (χ1) is 6.88. The maximum absolute atomic E-state index is 5.31. The van der Waals surface area contributed by atoms with E-state index in [0.717, 1.165) is 18.5 Å². The Morgan fingerprint density at radius 1 is 1.43 bits per heavy atom. The van der Waals surface area contributed by atoms with Gasteiger partial charge in [0.25, 0.3) is 0 Å². The van der Waals surface area contributed by atoms with Gasteiger partial charge in [0.05, 0.1) is 24.1 Å². The van der Waals surface area contributed by atoms with Crippen molar-refractivity contribution in [2.75, 3.05) is 5.32 Å². The second-order valence-electron chi connectivity index (χ2n) is 3.11. The van der Waals surface area contributed by atoms with Gasteiger partial charge in [0.2, 0.25) is 5.96 Å². The first kappa shape index (κ1) is 8.89. The van der Waals surface area contributed by atoms with Crippen molar-refractivity contribution in [2.24, 2.45) is 10.8 Å². The van der Waals surface area contributed by atoms with Gasteiger partial charge in [0.1, 0.15) is 6.33 Å². The molecule has 1 heterocycles. The minimum Gasteiger partial charge on any atom is -0.323 e. The van der Waals surface area contributed by atoms with Crippen LogP contribution in [0.15, 0.2) is 23.7 Å². The number of hydrazine groups is 1. The molecule has 14 heavy (non-hydrogen) atoms. The number of rotatable bonds is 2. The summed E-state index contributed by atoms with van der Waals surface area (Å²) in [5, 5.41) is 2.99. The Morgan fingerprint density at radius 3 is 2.71 bits per heavy atom. The zero-order chi connectivity index (χ0) is 9.80. The largest absolute Gasteiger partial charge is 0.323 e. The molecule has 0 radical (unpaired) electrons. The van der Waals surface area contributed by atoms with Crippen LogP contribution >= 0.6 is 0 Å². The maximum atomic E-state index is 5.31. The molecule has 0 saturated heterocycles. The van der Waals surface area contributed by atoms with Crippen molar-refractivity contribution in [3.8, 4) is 0 Å². The number of nitrogens with two attached hydrogens (primary N) is 1. The Morgan fingerprint density at radius 2 is 2.14 bits per heavy atom. The van der Waals surface area contributed by atoms with Crippen LogP contribution in [0.5, 0.6) is 0 Å². The van der Waals surface area contributed by atoms with E-state index >= 15 is 0 Å². The van der Waals surface area contributed by atoms with Gasteiger partial charge in [0, 0.05) is 0 Å². The Labute approximate surface area is 81.6 Å². The number of anilines is 1. The number of hydrogen-bond donors (Lipinski definition) is 3. The molecule has 0 amide bonds. The summed E-state index contributed by atoms with van der Waals surface area (Å²) in [7, 11) is 0. The molecule has 0 spiro atoms. The summed E-state index contributed by atoms with van der Waals surface area (Å²) in [5.74, 6) is 5.87. The second kappa shape index (κ2) is 4.01. The van der Waals surface area contributed by atoms with Crippen LogP contribution < -0.4 is 16.6 Å². The number of aromatic nitrogens is 2. The lowest BCUT2D eigenvalue weighted by Gasteiger charge is -2.07. The SMILES string of the molecule is NNC(=NC1CC1)Nc1cncnc1. The third-order valence-corrected chi connectivity index (χ3v) is 1.82. The van der Waals surface area contributed by atoms with Crippen LogP contribution in [0.2, 0.25) is 0 Å². The first-order valence-electron chi connectivity index (χ1n) is 4.45. The van der Waals surface area contributed by atoms with Crippen molar-refractivity contribution >= 4 is 11.6 Å². The number of nitrogens with one attached hydrogen (secondary N) is 2. The molecule has 0 bridgehead atoms. The summed E-state index contributed by atoms with van der Waals surface area (Å²) in [6.45, 7) is 0. The molecule has 1 saturated carbocycles. The van der Waals surface area contributed by atoms with Gasteiger partial charge >= 0.3 is 0 Å². The summed E-state index contributed by atoms with van der Waals surface area (Å²) < 4.78 is 0. The molecule has 1 fully saturated rings. The van der Waals surface area contributed by atoms with E-state index in [1.54, 1.807) is 12.4 Å². The molecule has 0 aromatic carbocycles. The fourth-order valence-corrected chi connectivity index (χ4v) is 0.992. The van der Waals surface area contributed by atoms with Crippen LogP contribution in [0, 0.1) is 0 Å². The van der Waals surface area contributed by atoms with E-state index in [1.165, 1.54) is 6.33 Å². The summed E-state index contributed by atoms with van der Waals surface area (Å²) in [5.41, 5.74) is 3.27. The van der Waals surface area contributed by atoms with E-state index in [1.807, 2.05) is 0 Å². The topological polar surface area (TPSA) is 88.2 Å². The predicted octanol–water partition coefficient (Wildman–Crippen LogP) is -0.130.